The van der Waals surface area contributed by atoms with E-state index in [1.54, 1.807) is 0 Å². The number of hydrogen-bond donors (Lipinski definition) is 4. The monoisotopic (exact) mass is 146 g/mol. The highest BCUT2D eigenvalue weighted by Gasteiger charge is 2.33. The quantitative estimate of drug-likeness (QED) is 0.313. The SMILES string of the molecule is NC1(N)CCC(O)C(O)C1. The average molecular weight is 146 g/mol. The topological polar surface area (TPSA) is 92.5 Å². The predicted octanol–water partition coefficient (Wildman–Crippen LogP) is -1.49. The smallest absolute Gasteiger partial charge is 0.0829 e. The summed E-state index contributed by atoms with van der Waals surface area (Å²) in [6.07, 6.45) is -0.0305. The van der Waals surface area contributed by atoms with Crippen LogP contribution >= 0.6 is 0 Å². The minimum Gasteiger partial charge on any atom is -0.390 e. The van der Waals surface area contributed by atoms with Gasteiger partial charge in [-0.2, -0.15) is 0 Å². The normalized spacial score (nSPS) is 39.6. The molecule has 2 unspecified atom stereocenters. The number of nitrogens with two attached hydrogens (primary N) is 2. The van der Waals surface area contributed by atoms with E-state index in [9.17, 15) is 0 Å². The summed E-state index contributed by atoms with van der Waals surface area (Å²) in [7, 11) is 0. The van der Waals surface area contributed by atoms with Gasteiger partial charge in [0.25, 0.3) is 0 Å². The van der Waals surface area contributed by atoms with Crippen molar-refractivity contribution in [3.63, 3.8) is 0 Å². The Balaban J connectivity index is 2.49. The summed E-state index contributed by atoms with van der Waals surface area (Å²) in [4.78, 5) is 0. The fourth-order valence-corrected chi connectivity index (χ4v) is 1.24. The standard InChI is InChI=1S/C6H14N2O2/c7-6(8)2-1-4(9)5(10)3-6/h4-5,9-10H,1-3,7-8H2. The molecule has 0 saturated heterocycles. The van der Waals surface area contributed by atoms with Crippen molar-refractivity contribution < 1.29 is 10.2 Å². The fourth-order valence-electron chi connectivity index (χ4n) is 1.24. The van der Waals surface area contributed by atoms with E-state index in [0.29, 0.717) is 12.8 Å². The molecule has 0 heterocycles. The Bertz CT molecular complexity index is 127. The average Bonchev–Trinajstić information content (AvgIpc) is 1.79. The second kappa shape index (κ2) is 2.47. The van der Waals surface area contributed by atoms with E-state index in [1.165, 1.54) is 0 Å². The Morgan fingerprint density at radius 2 is 1.80 bits per heavy atom. The first-order valence-electron chi connectivity index (χ1n) is 3.45. The van der Waals surface area contributed by atoms with Crippen molar-refractivity contribution in [2.45, 2.75) is 37.1 Å². The highest BCUT2D eigenvalue weighted by atomic mass is 16.3. The van der Waals surface area contributed by atoms with E-state index in [0.717, 1.165) is 0 Å². The van der Waals surface area contributed by atoms with Gasteiger partial charge in [-0.3, -0.25) is 0 Å². The minimum atomic E-state index is -0.779. The van der Waals surface area contributed by atoms with E-state index >= 15 is 0 Å². The molecule has 4 nitrogen and oxygen atoms in total. The van der Waals surface area contributed by atoms with Crippen molar-refractivity contribution in [1.29, 1.82) is 0 Å². The van der Waals surface area contributed by atoms with Gasteiger partial charge in [0.2, 0.25) is 0 Å². The molecule has 0 bridgehead atoms. The molecule has 2 atom stereocenters. The lowest BCUT2D eigenvalue weighted by molar-refractivity contribution is -0.0309. The molecular weight excluding hydrogens is 132 g/mol. The first-order chi connectivity index (χ1) is 4.51. The molecule has 10 heavy (non-hydrogen) atoms. The van der Waals surface area contributed by atoms with Crippen LogP contribution in [0.4, 0.5) is 0 Å². The second-order valence-electron chi connectivity index (χ2n) is 3.11. The Kier molecular flexibility index (Phi) is 1.96. The largest absolute Gasteiger partial charge is 0.390 e. The highest BCUT2D eigenvalue weighted by molar-refractivity contribution is 4.89. The molecule has 1 aliphatic carbocycles. The van der Waals surface area contributed by atoms with Crippen molar-refractivity contribution in [2.75, 3.05) is 0 Å². The maximum Gasteiger partial charge on any atom is 0.0829 e. The van der Waals surface area contributed by atoms with Crippen LogP contribution in [0.25, 0.3) is 0 Å². The summed E-state index contributed by atoms with van der Waals surface area (Å²) in [5, 5.41) is 18.2. The summed E-state index contributed by atoms with van der Waals surface area (Å²) in [6.45, 7) is 0. The van der Waals surface area contributed by atoms with Crippen molar-refractivity contribution in [1.82, 2.24) is 0 Å². The summed E-state index contributed by atoms with van der Waals surface area (Å²) < 4.78 is 0. The van der Waals surface area contributed by atoms with Gasteiger partial charge in [-0.25, -0.2) is 0 Å². The molecule has 0 aromatic heterocycles. The van der Waals surface area contributed by atoms with Crippen LogP contribution in [-0.4, -0.2) is 28.1 Å². The van der Waals surface area contributed by atoms with Crippen LogP contribution in [0.3, 0.4) is 0 Å². The maximum absolute atomic E-state index is 9.10. The molecule has 0 amide bonds. The second-order valence-corrected chi connectivity index (χ2v) is 3.11. The van der Waals surface area contributed by atoms with E-state index in [-0.39, 0.29) is 6.42 Å². The van der Waals surface area contributed by atoms with Crippen LogP contribution < -0.4 is 11.5 Å². The lowest BCUT2D eigenvalue weighted by Gasteiger charge is -2.35. The van der Waals surface area contributed by atoms with Gasteiger partial charge in [0.1, 0.15) is 0 Å². The summed E-state index contributed by atoms with van der Waals surface area (Å²) >= 11 is 0. The van der Waals surface area contributed by atoms with E-state index < -0.39 is 17.9 Å². The highest BCUT2D eigenvalue weighted by Crippen LogP contribution is 2.22. The summed E-state index contributed by atoms with van der Waals surface area (Å²) in [6, 6.07) is 0. The Morgan fingerprint density at radius 1 is 1.20 bits per heavy atom. The van der Waals surface area contributed by atoms with Gasteiger partial charge in [0, 0.05) is 6.42 Å². The van der Waals surface area contributed by atoms with Gasteiger partial charge >= 0.3 is 0 Å². The zero-order chi connectivity index (χ0) is 7.78. The molecule has 1 fully saturated rings. The molecule has 0 spiro atoms. The van der Waals surface area contributed by atoms with Crippen molar-refractivity contribution >= 4 is 0 Å². The van der Waals surface area contributed by atoms with Crippen molar-refractivity contribution in [2.24, 2.45) is 11.5 Å². The van der Waals surface area contributed by atoms with Gasteiger partial charge in [0.05, 0.1) is 17.9 Å². The van der Waals surface area contributed by atoms with Gasteiger partial charge in [0.15, 0.2) is 0 Å². The maximum atomic E-state index is 9.10. The van der Waals surface area contributed by atoms with Gasteiger partial charge in [-0.05, 0) is 12.8 Å². The van der Waals surface area contributed by atoms with Crippen molar-refractivity contribution in [3.8, 4) is 0 Å². The predicted molar refractivity (Wildman–Crippen MR) is 37.0 cm³/mol. The van der Waals surface area contributed by atoms with Gasteiger partial charge in [-0.1, -0.05) is 0 Å². The molecule has 6 N–H and O–H groups in total. The van der Waals surface area contributed by atoms with Crippen LogP contribution in [0.2, 0.25) is 0 Å². The fraction of sp³-hybridized carbons (Fsp3) is 1.00. The van der Waals surface area contributed by atoms with E-state index in [2.05, 4.69) is 0 Å². The number of aliphatic hydroxyl groups excluding tert-OH is 2. The Hall–Kier alpha value is -0.160. The number of aliphatic hydroxyl groups is 2. The first kappa shape index (κ1) is 7.94. The lowest BCUT2D eigenvalue weighted by atomic mass is 9.86. The summed E-state index contributed by atoms with van der Waals surface area (Å²) in [5.74, 6) is 0. The summed E-state index contributed by atoms with van der Waals surface area (Å²) in [5.41, 5.74) is 10.3. The third kappa shape index (κ3) is 1.67. The van der Waals surface area contributed by atoms with Crippen LogP contribution in [0.1, 0.15) is 19.3 Å². The van der Waals surface area contributed by atoms with Crippen LogP contribution in [-0.2, 0) is 0 Å². The zero-order valence-corrected chi connectivity index (χ0v) is 5.83. The first-order valence-corrected chi connectivity index (χ1v) is 3.45. The number of hydrogen-bond acceptors (Lipinski definition) is 4. The lowest BCUT2D eigenvalue weighted by Crippen LogP contribution is -2.56. The van der Waals surface area contributed by atoms with Crippen LogP contribution in [0.15, 0.2) is 0 Å². The van der Waals surface area contributed by atoms with E-state index in [4.69, 9.17) is 21.7 Å². The minimum absolute atomic E-state index is 0.286. The third-order valence-corrected chi connectivity index (χ3v) is 1.94. The van der Waals surface area contributed by atoms with Crippen LogP contribution in [0, 0.1) is 0 Å². The Morgan fingerprint density at radius 3 is 2.20 bits per heavy atom. The molecular formula is C6H14N2O2. The van der Waals surface area contributed by atoms with E-state index in [1.807, 2.05) is 0 Å². The molecule has 4 heteroatoms. The Labute approximate surface area is 59.8 Å². The van der Waals surface area contributed by atoms with Gasteiger partial charge < -0.3 is 21.7 Å². The molecule has 60 valence electrons. The van der Waals surface area contributed by atoms with Gasteiger partial charge in [-0.15, -0.1) is 0 Å². The molecule has 1 saturated carbocycles. The zero-order valence-electron chi connectivity index (χ0n) is 5.83. The molecule has 0 aromatic carbocycles. The third-order valence-electron chi connectivity index (χ3n) is 1.94. The molecule has 1 rings (SSSR count). The van der Waals surface area contributed by atoms with Crippen LogP contribution in [0.5, 0.6) is 0 Å². The molecule has 0 radical (unpaired) electrons. The molecule has 1 aliphatic rings. The van der Waals surface area contributed by atoms with Crippen molar-refractivity contribution in [3.05, 3.63) is 0 Å². The number of rotatable bonds is 0. The molecule has 0 aromatic rings. The molecule has 0 aliphatic heterocycles.